The molecule has 0 rings (SSSR count). The van der Waals surface area contributed by atoms with Gasteiger partial charge in [0.15, 0.2) is 0 Å². The van der Waals surface area contributed by atoms with Gasteiger partial charge in [-0.05, 0) is 39.0 Å². The van der Waals surface area contributed by atoms with Crippen LogP contribution in [0.1, 0.15) is 67.7 Å². The molecule has 4 nitrogen and oxygen atoms in total. The molecule has 124 valence electrons. The number of nitrogens with one attached hydrogen (secondary N) is 1. The van der Waals surface area contributed by atoms with Gasteiger partial charge in [0.2, 0.25) is 5.91 Å². The van der Waals surface area contributed by atoms with E-state index >= 15 is 0 Å². The molecule has 0 saturated heterocycles. The Balaban J connectivity index is 4.66. The number of hydrogen-bond acceptors (Lipinski definition) is 3. The monoisotopic (exact) mass is 297 g/mol. The lowest BCUT2D eigenvalue weighted by molar-refractivity contribution is -0.122. The summed E-state index contributed by atoms with van der Waals surface area (Å²) in [5.41, 5.74) is -0.0143. The summed E-state index contributed by atoms with van der Waals surface area (Å²) in [7, 11) is 1.96. The summed E-state index contributed by atoms with van der Waals surface area (Å²) in [6.07, 6.45) is 4.41. The molecule has 0 heterocycles. The summed E-state index contributed by atoms with van der Waals surface area (Å²) in [6, 6.07) is 0.00589. The zero-order valence-electron chi connectivity index (χ0n) is 15.2. The van der Waals surface area contributed by atoms with Crippen molar-refractivity contribution in [3.8, 4) is 0 Å². The first-order valence-electron chi connectivity index (χ1n) is 8.13. The third-order valence-corrected chi connectivity index (χ3v) is 3.69. The molecule has 0 aromatic rings. The van der Waals surface area contributed by atoms with E-state index in [1.54, 1.807) is 0 Å². The Hall–Kier alpha value is -1.06. The van der Waals surface area contributed by atoms with Gasteiger partial charge in [0.1, 0.15) is 0 Å². The predicted octanol–water partition coefficient (Wildman–Crippen LogP) is 3.67. The van der Waals surface area contributed by atoms with Crippen molar-refractivity contribution in [3.05, 3.63) is 0 Å². The minimum absolute atomic E-state index is 0.00589. The van der Waals surface area contributed by atoms with Gasteiger partial charge < -0.3 is 5.32 Å². The lowest BCUT2D eigenvalue weighted by Gasteiger charge is -2.29. The van der Waals surface area contributed by atoms with Gasteiger partial charge in [-0.15, -0.1) is 0 Å². The second kappa shape index (κ2) is 9.06. The van der Waals surface area contributed by atoms with Gasteiger partial charge in [0.05, 0.1) is 6.04 Å². The summed E-state index contributed by atoms with van der Waals surface area (Å²) < 4.78 is 0. The van der Waals surface area contributed by atoms with Gasteiger partial charge in [0, 0.05) is 25.2 Å². The molecule has 0 aromatic heterocycles. The fraction of sp³-hybridized carbons (Fsp3) is 0.882. The van der Waals surface area contributed by atoms with E-state index in [1.165, 1.54) is 0 Å². The highest BCUT2D eigenvalue weighted by molar-refractivity contribution is 5.80. The minimum Gasteiger partial charge on any atom is -0.348 e. The van der Waals surface area contributed by atoms with Crippen molar-refractivity contribution >= 4 is 12.1 Å². The van der Waals surface area contributed by atoms with Gasteiger partial charge in [-0.2, -0.15) is 5.10 Å². The molecule has 0 saturated carbocycles. The van der Waals surface area contributed by atoms with E-state index in [0.29, 0.717) is 18.3 Å². The molecule has 0 aliphatic heterocycles. The number of hydrazone groups is 1. The Kier molecular flexibility index (Phi) is 8.60. The largest absolute Gasteiger partial charge is 0.348 e. The fourth-order valence-corrected chi connectivity index (χ4v) is 1.75. The second-order valence-corrected chi connectivity index (χ2v) is 7.48. The van der Waals surface area contributed by atoms with Crippen molar-refractivity contribution in [1.82, 2.24) is 10.3 Å². The quantitative estimate of drug-likeness (QED) is 0.549. The lowest BCUT2D eigenvalue weighted by atomic mass is 10.0. The van der Waals surface area contributed by atoms with E-state index in [2.05, 4.69) is 58.9 Å². The molecule has 0 aliphatic carbocycles. The van der Waals surface area contributed by atoms with E-state index in [1.807, 2.05) is 18.3 Å². The average Bonchev–Trinajstić information content (AvgIpc) is 2.33. The second-order valence-electron chi connectivity index (χ2n) is 7.48. The smallest absolute Gasteiger partial charge is 0.220 e. The maximum absolute atomic E-state index is 12.1. The van der Waals surface area contributed by atoms with Gasteiger partial charge in [-0.3, -0.25) is 9.80 Å². The van der Waals surface area contributed by atoms with Crippen LogP contribution in [0.5, 0.6) is 0 Å². The van der Waals surface area contributed by atoms with E-state index in [-0.39, 0.29) is 17.5 Å². The molecule has 1 amide bonds. The maximum Gasteiger partial charge on any atom is 0.220 e. The Morgan fingerprint density at radius 1 is 1.29 bits per heavy atom. The molecule has 4 heteroatoms. The summed E-state index contributed by atoms with van der Waals surface area (Å²) in [4.78, 5) is 12.1. The van der Waals surface area contributed by atoms with Crippen LogP contribution in [0.2, 0.25) is 0 Å². The van der Waals surface area contributed by atoms with E-state index in [4.69, 9.17) is 0 Å². The van der Waals surface area contributed by atoms with Crippen LogP contribution in [0.25, 0.3) is 0 Å². The highest BCUT2D eigenvalue weighted by Gasteiger charge is 2.17. The Morgan fingerprint density at radius 3 is 2.29 bits per heavy atom. The predicted molar refractivity (Wildman–Crippen MR) is 91.5 cm³/mol. The number of hydrogen-bond donors (Lipinski definition) is 1. The molecule has 1 N–H and O–H groups in total. The van der Waals surface area contributed by atoms with Crippen molar-refractivity contribution in [2.24, 2.45) is 16.9 Å². The van der Waals surface area contributed by atoms with Crippen LogP contribution >= 0.6 is 0 Å². The first kappa shape index (κ1) is 19.9. The molecule has 21 heavy (non-hydrogen) atoms. The van der Waals surface area contributed by atoms with Crippen LogP contribution in [0.4, 0.5) is 0 Å². The summed E-state index contributed by atoms with van der Waals surface area (Å²) in [5.74, 6) is 1.07. The summed E-state index contributed by atoms with van der Waals surface area (Å²) in [5, 5.41) is 9.53. The molecule has 2 atom stereocenters. The molecular weight excluding hydrogens is 262 g/mol. The number of carbonyl (C=O) groups excluding carboxylic acids is 1. The fourth-order valence-electron chi connectivity index (χ4n) is 1.75. The van der Waals surface area contributed by atoms with Crippen molar-refractivity contribution in [3.63, 3.8) is 0 Å². The molecule has 0 aliphatic rings. The number of rotatable bonds is 8. The van der Waals surface area contributed by atoms with Crippen molar-refractivity contribution in [1.29, 1.82) is 0 Å². The number of amides is 1. The lowest BCUT2D eigenvalue weighted by Crippen LogP contribution is -2.39. The van der Waals surface area contributed by atoms with Crippen molar-refractivity contribution in [2.75, 3.05) is 7.05 Å². The molecule has 0 aromatic carbocycles. The first-order valence-corrected chi connectivity index (χ1v) is 8.13. The van der Waals surface area contributed by atoms with Crippen LogP contribution < -0.4 is 5.32 Å². The van der Waals surface area contributed by atoms with Crippen molar-refractivity contribution in [2.45, 2.75) is 79.3 Å². The van der Waals surface area contributed by atoms with Gasteiger partial charge >= 0.3 is 0 Å². The standard InChI is InChI=1S/C17H35N3O/c1-9-14(4)11-16(21)19-15(10-13(2)3)12-18-20(8)17(5,6)7/h12-15H,9-11H2,1-8H3,(H,19,21)/b18-12+/t14-,15-/m0/s1. The Morgan fingerprint density at radius 2 is 1.86 bits per heavy atom. The maximum atomic E-state index is 12.1. The minimum atomic E-state index is -0.0143. The van der Waals surface area contributed by atoms with Crippen LogP contribution in [0.3, 0.4) is 0 Å². The molecule has 0 spiro atoms. The number of nitrogens with zero attached hydrogens (tertiary/aromatic N) is 2. The molecule has 0 bridgehead atoms. The van der Waals surface area contributed by atoms with Crippen molar-refractivity contribution < 1.29 is 4.79 Å². The Labute approximate surface area is 131 Å². The average molecular weight is 297 g/mol. The van der Waals surface area contributed by atoms with E-state index in [0.717, 1.165) is 12.8 Å². The summed E-state index contributed by atoms with van der Waals surface area (Å²) >= 11 is 0. The van der Waals surface area contributed by atoms with Crippen LogP contribution in [-0.4, -0.2) is 35.8 Å². The van der Waals surface area contributed by atoms with Crippen LogP contribution in [-0.2, 0) is 4.79 Å². The normalized spacial score (nSPS) is 15.3. The highest BCUT2D eigenvalue weighted by atomic mass is 16.1. The number of carbonyl (C=O) groups is 1. The van der Waals surface area contributed by atoms with Gasteiger partial charge in [-0.1, -0.05) is 34.1 Å². The summed E-state index contributed by atoms with van der Waals surface area (Å²) in [6.45, 7) is 14.9. The van der Waals surface area contributed by atoms with Crippen LogP contribution in [0, 0.1) is 11.8 Å². The Bertz CT molecular complexity index is 331. The zero-order chi connectivity index (χ0) is 16.6. The van der Waals surface area contributed by atoms with E-state index < -0.39 is 0 Å². The molecular formula is C17H35N3O. The molecule has 0 fully saturated rings. The van der Waals surface area contributed by atoms with E-state index in [9.17, 15) is 4.79 Å². The SMILES string of the molecule is CC[C@H](C)CC(=O)N[C@H](/C=N/N(C)C(C)(C)C)CC(C)C. The third kappa shape index (κ3) is 9.48. The first-order chi connectivity index (χ1) is 9.56. The van der Waals surface area contributed by atoms with Crippen LogP contribution in [0.15, 0.2) is 5.10 Å². The van der Waals surface area contributed by atoms with Gasteiger partial charge in [-0.25, -0.2) is 0 Å². The van der Waals surface area contributed by atoms with Gasteiger partial charge in [0.25, 0.3) is 0 Å². The molecule has 0 radical (unpaired) electrons. The highest BCUT2D eigenvalue weighted by Crippen LogP contribution is 2.11. The third-order valence-electron chi connectivity index (χ3n) is 3.69. The zero-order valence-corrected chi connectivity index (χ0v) is 15.2. The molecule has 0 unspecified atom stereocenters. The topological polar surface area (TPSA) is 44.7 Å².